The maximum Gasteiger partial charge on any atom is 0.330 e. The van der Waals surface area contributed by atoms with Crippen LogP contribution in [0.15, 0.2) is 42.5 Å². The van der Waals surface area contributed by atoms with Gasteiger partial charge < -0.3 is 25.2 Å². The third-order valence-corrected chi connectivity index (χ3v) is 9.74. The molecule has 2 aromatic carbocycles. The number of nitrogens with zero attached hydrogens (tertiary/aromatic N) is 2. The number of amides is 3. The summed E-state index contributed by atoms with van der Waals surface area (Å²) in [6.45, 7) is 5.83. The van der Waals surface area contributed by atoms with Gasteiger partial charge >= 0.3 is 5.92 Å². The summed E-state index contributed by atoms with van der Waals surface area (Å²) in [6, 6.07) is 8.33. The Labute approximate surface area is 280 Å². The molecule has 2 N–H and O–H groups in total. The number of halogens is 3. The van der Waals surface area contributed by atoms with E-state index < -0.39 is 53.3 Å². The summed E-state index contributed by atoms with van der Waals surface area (Å²) in [5, 5.41) is 5.36. The minimum Gasteiger partial charge on any atom is -0.497 e. The fraction of sp³-hybridized carbons (Fsp3) is 0.556. The Morgan fingerprint density at radius 1 is 1.00 bits per heavy atom. The molecule has 1 heterocycles. The number of carbonyl (C=O) groups is 4. The maximum atomic E-state index is 15.6. The fourth-order valence-electron chi connectivity index (χ4n) is 6.55. The molecule has 1 saturated carbocycles. The third kappa shape index (κ3) is 8.94. The molecule has 3 amide bonds. The van der Waals surface area contributed by atoms with E-state index in [4.69, 9.17) is 4.74 Å². The van der Waals surface area contributed by atoms with Crippen LogP contribution in [0.3, 0.4) is 0 Å². The van der Waals surface area contributed by atoms with Crippen molar-refractivity contribution in [2.45, 2.75) is 76.7 Å². The second-order valence-electron chi connectivity index (χ2n) is 13.0. The number of anilines is 1. The first-order valence-corrected chi connectivity index (χ1v) is 16.8. The molecule has 2 aliphatic rings. The lowest BCUT2D eigenvalue weighted by atomic mass is 9.76. The summed E-state index contributed by atoms with van der Waals surface area (Å²) < 4.78 is 51.4. The molecule has 1 aliphatic heterocycles. The number of hydrogen-bond donors (Lipinski definition) is 2. The maximum absolute atomic E-state index is 15.6. The largest absolute Gasteiger partial charge is 0.497 e. The van der Waals surface area contributed by atoms with Gasteiger partial charge in [-0.1, -0.05) is 51.3 Å². The highest BCUT2D eigenvalue weighted by Crippen LogP contribution is 2.38. The number of methoxy groups -OCH3 is 1. The molecule has 4 rings (SSSR count). The van der Waals surface area contributed by atoms with Gasteiger partial charge in [0.25, 0.3) is 0 Å². The minimum absolute atomic E-state index is 0.164. The van der Waals surface area contributed by atoms with Crippen molar-refractivity contribution in [3.63, 3.8) is 0 Å². The summed E-state index contributed by atoms with van der Waals surface area (Å²) in [6.07, 6.45) is 3.22. The molecule has 3 atom stereocenters. The van der Waals surface area contributed by atoms with E-state index in [0.29, 0.717) is 44.6 Å². The molecule has 12 heteroatoms. The summed E-state index contributed by atoms with van der Waals surface area (Å²) in [5.41, 5.74) is -0.250. The molecule has 2 fully saturated rings. The van der Waals surface area contributed by atoms with Crippen LogP contribution < -0.4 is 15.4 Å². The van der Waals surface area contributed by atoms with Gasteiger partial charge in [0.05, 0.1) is 12.8 Å². The van der Waals surface area contributed by atoms with Crippen LogP contribution in [0.5, 0.6) is 5.75 Å². The van der Waals surface area contributed by atoms with Gasteiger partial charge in [0.2, 0.25) is 23.5 Å². The number of carbonyl (C=O) groups excluding carboxylic acids is 4. The van der Waals surface area contributed by atoms with E-state index in [1.165, 1.54) is 31.4 Å². The van der Waals surface area contributed by atoms with Crippen LogP contribution >= 0.6 is 0 Å². The predicted octanol–water partition coefficient (Wildman–Crippen LogP) is 5.49. The number of likely N-dealkylation sites (N-methyl/N-ethyl adjacent to an activating group) is 1. The van der Waals surface area contributed by atoms with Crippen molar-refractivity contribution >= 4 is 29.2 Å². The molecule has 1 aliphatic carbocycles. The second kappa shape index (κ2) is 16.5. The normalized spacial score (nSPS) is 18.0. The van der Waals surface area contributed by atoms with Crippen LogP contribution in [-0.4, -0.2) is 79.7 Å². The molecule has 0 bridgehead atoms. The Morgan fingerprint density at radius 2 is 1.69 bits per heavy atom. The summed E-state index contributed by atoms with van der Waals surface area (Å²) in [4.78, 5) is 56.5. The lowest BCUT2D eigenvalue weighted by molar-refractivity contribution is -0.147. The first-order valence-electron chi connectivity index (χ1n) is 16.8. The number of rotatable bonds is 13. The second-order valence-corrected chi connectivity index (χ2v) is 13.0. The Kier molecular flexibility index (Phi) is 12.6. The fourth-order valence-corrected chi connectivity index (χ4v) is 6.55. The van der Waals surface area contributed by atoms with E-state index in [0.717, 1.165) is 31.4 Å². The van der Waals surface area contributed by atoms with Gasteiger partial charge in [-0.3, -0.25) is 19.2 Å². The summed E-state index contributed by atoms with van der Waals surface area (Å²) >= 11 is 0. The molecule has 2 aromatic rings. The minimum atomic E-state index is -3.85. The lowest BCUT2D eigenvalue weighted by Crippen LogP contribution is -2.55. The van der Waals surface area contributed by atoms with E-state index in [-0.39, 0.29) is 35.6 Å². The van der Waals surface area contributed by atoms with Crippen molar-refractivity contribution in [1.29, 1.82) is 0 Å². The van der Waals surface area contributed by atoms with Gasteiger partial charge in [0.1, 0.15) is 17.6 Å². The van der Waals surface area contributed by atoms with Crippen LogP contribution in [0, 0.1) is 17.7 Å². The molecule has 0 unspecified atom stereocenters. The highest BCUT2D eigenvalue weighted by Gasteiger charge is 2.44. The SMILES string of the molecule is CCC(=O)N[C@@H](C(=O)N1CCN(C)CC1)[C@@H](C)c1ccc(NC(=O)[C@@H](CC(=O)C(F)(F)c2cccc(OC)c2)C2CCCCC2)c(F)c1. The van der Waals surface area contributed by atoms with Crippen molar-refractivity contribution in [2.75, 3.05) is 45.7 Å². The standard InChI is InChI=1S/C36H47F3N4O5/c1-5-32(45)41-33(35(47)43-18-16-42(3)17-19-43)23(2)25-14-15-30(29(37)20-25)40-34(46)28(24-10-7-6-8-11-24)22-31(44)36(38,39)26-12-9-13-27(21-26)48-4/h9,12-15,20-21,23-24,28,33H,5-8,10-11,16-19,22H2,1-4H3,(H,40,46)(H,41,45)/t23-,28-,33+/m0/s1. The molecule has 0 aromatic heterocycles. The molecular weight excluding hydrogens is 625 g/mol. The summed E-state index contributed by atoms with van der Waals surface area (Å²) in [7, 11) is 3.31. The highest BCUT2D eigenvalue weighted by molar-refractivity contribution is 5.97. The van der Waals surface area contributed by atoms with Crippen LogP contribution in [0.25, 0.3) is 0 Å². The first kappa shape index (κ1) is 36.9. The zero-order chi connectivity index (χ0) is 35.0. The zero-order valence-corrected chi connectivity index (χ0v) is 28.2. The van der Waals surface area contributed by atoms with Crippen LogP contribution in [0.1, 0.15) is 75.8 Å². The number of benzene rings is 2. The number of ketones is 1. The lowest BCUT2D eigenvalue weighted by Gasteiger charge is -2.36. The van der Waals surface area contributed by atoms with Crippen LogP contribution in [0.4, 0.5) is 18.9 Å². The van der Waals surface area contributed by atoms with Gasteiger partial charge in [0, 0.05) is 56.4 Å². The van der Waals surface area contributed by atoms with Crippen molar-refractivity contribution in [3.05, 3.63) is 59.4 Å². The number of alkyl halides is 2. The van der Waals surface area contributed by atoms with Gasteiger partial charge in [0.15, 0.2) is 0 Å². The quantitative estimate of drug-likeness (QED) is 0.292. The van der Waals surface area contributed by atoms with Crippen molar-refractivity contribution in [1.82, 2.24) is 15.1 Å². The van der Waals surface area contributed by atoms with Crippen molar-refractivity contribution in [2.24, 2.45) is 11.8 Å². The monoisotopic (exact) mass is 672 g/mol. The number of Topliss-reactive ketones (excluding diaryl/α,β-unsaturated/α-hetero) is 1. The highest BCUT2D eigenvalue weighted by atomic mass is 19.3. The molecule has 1 saturated heterocycles. The van der Waals surface area contributed by atoms with E-state index in [2.05, 4.69) is 15.5 Å². The smallest absolute Gasteiger partial charge is 0.330 e. The van der Waals surface area contributed by atoms with Crippen molar-refractivity contribution in [3.8, 4) is 5.75 Å². The van der Waals surface area contributed by atoms with Crippen molar-refractivity contribution < 1.29 is 37.1 Å². The molecule has 0 radical (unpaired) electrons. The topological polar surface area (TPSA) is 108 Å². The van der Waals surface area contributed by atoms with E-state index >= 15 is 13.2 Å². The molecule has 262 valence electrons. The van der Waals surface area contributed by atoms with Gasteiger partial charge in [-0.15, -0.1) is 0 Å². The molecule has 0 spiro atoms. The Balaban J connectivity index is 1.53. The average molecular weight is 673 g/mol. The molecule has 48 heavy (non-hydrogen) atoms. The van der Waals surface area contributed by atoms with E-state index in [1.54, 1.807) is 24.8 Å². The average Bonchev–Trinajstić information content (AvgIpc) is 3.10. The third-order valence-electron chi connectivity index (χ3n) is 9.74. The Bertz CT molecular complexity index is 1460. The van der Waals surface area contributed by atoms with E-state index in [1.807, 2.05) is 7.05 Å². The van der Waals surface area contributed by atoms with Crippen LogP contribution in [-0.2, 0) is 25.1 Å². The Morgan fingerprint density at radius 3 is 2.31 bits per heavy atom. The predicted molar refractivity (Wildman–Crippen MR) is 176 cm³/mol. The van der Waals surface area contributed by atoms with Gasteiger partial charge in [-0.2, -0.15) is 8.78 Å². The zero-order valence-electron chi connectivity index (χ0n) is 28.2. The first-order chi connectivity index (χ1) is 22.8. The summed E-state index contributed by atoms with van der Waals surface area (Å²) in [5.74, 6) is -9.09. The molecular formula is C36H47F3N4O5. The van der Waals surface area contributed by atoms with E-state index in [9.17, 15) is 19.2 Å². The van der Waals surface area contributed by atoms with Crippen LogP contribution in [0.2, 0.25) is 0 Å². The van der Waals surface area contributed by atoms with Gasteiger partial charge in [-0.25, -0.2) is 4.39 Å². The number of hydrogen-bond acceptors (Lipinski definition) is 6. The van der Waals surface area contributed by atoms with Gasteiger partial charge in [-0.05, 0) is 55.6 Å². The number of piperazine rings is 1. The Hall–Kier alpha value is -3.93. The molecule has 9 nitrogen and oxygen atoms in total. The number of ether oxygens (including phenoxy) is 1. The number of nitrogens with one attached hydrogen (secondary N) is 2.